The molecular formula is C32H39ClN6O4Si. The van der Waals surface area contributed by atoms with Gasteiger partial charge in [-0.15, -0.1) is 0 Å². The second kappa shape index (κ2) is 12.7. The highest BCUT2D eigenvalue weighted by Gasteiger charge is 2.44. The van der Waals surface area contributed by atoms with Crippen LogP contribution in [-0.2, 0) is 18.1 Å². The number of halogens is 1. The van der Waals surface area contributed by atoms with Gasteiger partial charge in [0.2, 0.25) is 0 Å². The maximum atomic E-state index is 12.0. The summed E-state index contributed by atoms with van der Waals surface area (Å²) >= 11 is 6.63. The fourth-order valence-corrected chi connectivity index (χ4v) is 7.40. The van der Waals surface area contributed by atoms with Crippen molar-refractivity contribution >= 4 is 48.3 Å². The number of nitrogens with zero attached hydrogens (tertiary/aromatic N) is 5. The number of rotatable bonds is 11. The molecule has 0 saturated carbocycles. The van der Waals surface area contributed by atoms with Gasteiger partial charge in [0, 0.05) is 44.8 Å². The van der Waals surface area contributed by atoms with Crippen molar-refractivity contribution in [3.05, 3.63) is 71.4 Å². The van der Waals surface area contributed by atoms with E-state index in [1.165, 1.54) is 0 Å². The molecule has 12 heteroatoms. The number of aromatic nitrogens is 4. The van der Waals surface area contributed by atoms with Crippen LogP contribution in [0.15, 0.2) is 55.1 Å². The van der Waals surface area contributed by atoms with Crippen molar-refractivity contribution in [2.24, 2.45) is 0 Å². The first kappa shape index (κ1) is 30.4. The molecule has 0 aliphatic carbocycles. The quantitative estimate of drug-likeness (QED) is 0.129. The highest BCUT2D eigenvalue weighted by atomic mass is 35.5. The van der Waals surface area contributed by atoms with E-state index in [9.17, 15) is 9.90 Å². The van der Waals surface area contributed by atoms with Gasteiger partial charge in [0.15, 0.2) is 0 Å². The van der Waals surface area contributed by atoms with Crippen LogP contribution in [0.3, 0.4) is 0 Å². The summed E-state index contributed by atoms with van der Waals surface area (Å²) in [5, 5.41) is 14.7. The first-order chi connectivity index (χ1) is 21.2. The van der Waals surface area contributed by atoms with E-state index in [-0.39, 0.29) is 18.0 Å². The largest absolute Gasteiger partial charge is 0.486 e. The molecule has 2 bridgehead atoms. The number of anilines is 2. The van der Waals surface area contributed by atoms with Gasteiger partial charge in [-0.2, -0.15) is 0 Å². The van der Waals surface area contributed by atoms with Crippen LogP contribution in [0.1, 0.15) is 42.9 Å². The third-order valence-corrected chi connectivity index (χ3v) is 10.6. The summed E-state index contributed by atoms with van der Waals surface area (Å²) in [7, 11) is -1.22. The second-order valence-corrected chi connectivity index (χ2v) is 19.0. The number of hydrogen-bond donors (Lipinski definition) is 2. The lowest BCUT2D eigenvalue weighted by Gasteiger charge is -2.37. The third kappa shape index (κ3) is 6.69. The number of ether oxygens (including phenoxy) is 2. The van der Waals surface area contributed by atoms with E-state index in [0.29, 0.717) is 36.5 Å². The van der Waals surface area contributed by atoms with Crippen molar-refractivity contribution in [3.63, 3.8) is 0 Å². The topological polar surface area (TPSA) is 115 Å². The Balaban J connectivity index is 1.28. The maximum Gasteiger partial charge on any atom is 0.407 e. The van der Waals surface area contributed by atoms with Crippen LogP contribution < -0.4 is 10.1 Å². The van der Waals surface area contributed by atoms with Crippen molar-refractivity contribution in [2.45, 2.75) is 82.7 Å². The van der Waals surface area contributed by atoms with Gasteiger partial charge < -0.3 is 29.4 Å². The normalized spacial score (nSPS) is 19.8. The van der Waals surface area contributed by atoms with Crippen LogP contribution in [0.5, 0.6) is 5.75 Å². The molecule has 232 valence electrons. The molecule has 10 nitrogen and oxygen atoms in total. The molecule has 2 aliphatic rings. The van der Waals surface area contributed by atoms with Gasteiger partial charge in [0.25, 0.3) is 0 Å². The van der Waals surface area contributed by atoms with E-state index in [2.05, 4.69) is 45.7 Å². The van der Waals surface area contributed by atoms with Crippen LogP contribution in [0, 0.1) is 0 Å². The third-order valence-electron chi connectivity index (χ3n) is 8.60. The van der Waals surface area contributed by atoms with Crippen LogP contribution in [0.25, 0.3) is 11.0 Å². The van der Waals surface area contributed by atoms with E-state index in [1.807, 2.05) is 36.4 Å². The van der Waals surface area contributed by atoms with Crippen molar-refractivity contribution in [1.29, 1.82) is 0 Å². The van der Waals surface area contributed by atoms with Crippen LogP contribution >= 0.6 is 11.6 Å². The molecule has 1 aromatic carbocycles. The molecule has 5 heterocycles. The summed E-state index contributed by atoms with van der Waals surface area (Å²) in [6, 6.07) is 12.4. The van der Waals surface area contributed by atoms with Crippen molar-refractivity contribution < 1.29 is 19.4 Å². The molecule has 6 rings (SSSR count). The fraction of sp³-hybridized carbons (Fsp3) is 0.438. The summed E-state index contributed by atoms with van der Waals surface area (Å²) in [5.41, 5.74) is 3.50. The van der Waals surface area contributed by atoms with Crippen LogP contribution in [0.2, 0.25) is 30.7 Å². The molecule has 4 aromatic rings. The maximum absolute atomic E-state index is 12.0. The van der Waals surface area contributed by atoms with E-state index in [4.69, 9.17) is 26.1 Å². The molecule has 44 heavy (non-hydrogen) atoms. The lowest BCUT2D eigenvalue weighted by molar-refractivity contribution is 0.0892. The molecule has 0 spiro atoms. The highest BCUT2D eigenvalue weighted by Crippen LogP contribution is 2.46. The predicted octanol–water partition coefficient (Wildman–Crippen LogP) is 7.50. The van der Waals surface area contributed by atoms with Crippen LogP contribution in [-0.4, -0.2) is 62.4 Å². The summed E-state index contributed by atoms with van der Waals surface area (Å²) in [4.78, 5) is 27.3. The van der Waals surface area contributed by atoms with Crippen molar-refractivity contribution in [2.75, 3.05) is 11.9 Å². The Labute approximate surface area is 263 Å². The Morgan fingerprint density at radius 3 is 2.59 bits per heavy atom. The van der Waals surface area contributed by atoms with Gasteiger partial charge in [-0.3, -0.25) is 4.98 Å². The zero-order chi connectivity index (χ0) is 30.8. The minimum atomic E-state index is -1.22. The highest BCUT2D eigenvalue weighted by molar-refractivity contribution is 6.76. The predicted molar refractivity (Wildman–Crippen MR) is 174 cm³/mol. The summed E-state index contributed by atoms with van der Waals surface area (Å²) < 4.78 is 14.1. The smallest absolute Gasteiger partial charge is 0.407 e. The molecule has 1 amide bonds. The number of carboxylic acid groups (broad SMARTS) is 1. The number of pyridine rings is 1. The van der Waals surface area contributed by atoms with Crippen molar-refractivity contribution in [1.82, 2.24) is 24.4 Å². The van der Waals surface area contributed by atoms with Gasteiger partial charge in [-0.25, -0.2) is 14.8 Å². The lowest BCUT2D eigenvalue weighted by atomic mass is 9.85. The zero-order valence-corrected chi connectivity index (χ0v) is 27.1. The summed E-state index contributed by atoms with van der Waals surface area (Å²) in [5.74, 6) is 1.43. The number of carbonyl (C=O) groups is 1. The Bertz CT molecular complexity index is 1610. The number of fused-ring (bicyclic) bond motifs is 3. The van der Waals surface area contributed by atoms with E-state index in [1.54, 1.807) is 17.4 Å². The van der Waals surface area contributed by atoms with E-state index >= 15 is 0 Å². The van der Waals surface area contributed by atoms with Gasteiger partial charge >= 0.3 is 6.09 Å². The Hall–Kier alpha value is -3.67. The first-order valence-corrected chi connectivity index (χ1v) is 19.3. The summed E-state index contributed by atoms with van der Waals surface area (Å²) in [6.07, 6.45) is 7.99. The average Bonchev–Trinajstić information content (AvgIpc) is 3.50. The molecule has 2 saturated heterocycles. The van der Waals surface area contributed by atoms with Gasteiger partial charge in [0.05, 0.1) is 16.1 Å². The molecular weight excluding hydrogens is 596 g/mol. The molecule has 1 unspecified atom stereocenters. The van der Waals surface area contributed by atoms with Crippen molar-refractivity contribution in [3.8, 4) is 5.75 Å². The molecule has 2 N–H and O–H groups in total. The second-order valence-electron chi connectivity index (χ2n) is 12.9. The lowest BCUT2D eigenvalue weighted by Crippen LogP contribution is -2.45. The molecule has 0 radical (unpaired) electrons. The zero-order valence-electron chi connectivity index (χ0n) is 25.4. The Morgan fingerprint density at radius 1 is 1.11 bits per heavy atom. The first-order valence-electron chi connectivity index (χ1n) is 15.2. The number of nitrogens with one attached hydrogen (secondary N) is 1. The Kier molecular flexibility index (Phi) is 8.79. The standard InChI is InChI=1S/C32H39ClN6O4Si/c1-44(2,3)13-12-42-20-38-17-26(21-14-24-8-9-25(15-21)39(24)32(40)41)29-30(35-19-36-31(29)38)37-22-7-10-28(27(33)16-22)43-18-23-6-4-5-11-34-23/h4-7,10-11,16-17,19,21,24-25H,8-9,12-15,18,20H2,1-3H3,(H,40,41)(H,35,36,37)/t21?,24-,25+. The molecule has 3 atom stereocenters. The number of amides is 1. The SMILES string of the molecule is C[Si](C)(C)CCOCn1cc(C2C[C@H]3CC[C@@H](C2)N3C(=O)O)c2c(Nc3ccc(OCc4ccccn4)c(Cl)c3)ncnc21. The van der Waals surface area contributed by atoms with E-state index in [0.717, 1.165) is 59.7 Å². The summed E-state index contributed by atoms with van der Waals surface area (Å²) in [6.45, 7) is 8.44. The number of hydrogen-bond acceptors (Lipinski definition) is 7. The van der Waals surface area contributed by atoms with Crippen LogP contribution in [0.4, 0.5) is 16.3 Å². The number of benzene rings is 1. The van der Waals surface area contributed by atoms with Gasteiger partial charge in [-0.1, -0.05) is 37.3 Å². The molecule has 3 aromatic heterocycles. The minimum Gasteiger partial charge on any atom is -0.486 e. The molecule has 2 aliphatic heterocycles. The molecule has 2 fully saturated rings. The Morgan fingerprint density at radius 2 is 1.91 bits per heavy atom. The average molecular weight is 635 g/mol. The van der Waals surface area contributed by atoms with Gasteiger partial charge in [-0.05, 0) is 73.5 Å². The van der Waals surface area contributed by atoms with E-state index < -0.39 is 14.2 Å². The fourth-order valence-electron chi connectivity index (χ4n) is 6.41. The monoisotopic (exact) mass is 634 g/mol. The van der Waals surface area contributed by atoms with Gasteiger partial charge in [0.1, 0.15) is 36.9 Å². The number of piperidine rings is 1. The minimum absolute atomic E-state index is 0.0288.